The van der Waals surface area contributed by atoms with Gasteiger partial charge in [-0.3, -0.25) is 4.79 Å². The van der Waals surface area contributed by atoms with Gasteiger partial charge >= 0.3 is 12.1 Å². The molecule has 0 radical (unpaired) electrons. The number of ether oxygens (including phenoxy) is 3. The minimum Gasteiger partial charge on any atom is -0.467 e. The zero-order chi connectivity index (χ0) is 14.8. The van der Waals surface area contributed by atoms with Crippen LogP contribution in [0.2, 0.25) is 0 Å². The van der Waals surface area contributed by atoms with Gasteiger partial charge in [0.15, 0.2) is 0 Å². The van der Waals surface area contributed by atoms with E-state index in [0.29, 0.717) is 0 Å². The largest absolute Gasteiger partial charge is 0.467 e. The number of hydrogen-bond donors (Lipinski definition) is 0. The summed E-state index contributed by atoms with van der Waals surface area (Å²) in [7, 11) is 2.54. The van der Waals surface area contributed by atoms with Gasteiger partial charge in [0.05, 0.1) is 7.11 Å². The van der Waals surface area contributed by atoms with E-state index < -0.39 is 35.7 Å². The van der Waals surface area contributed by atoms with Crippen molar-refractivity contribution in [2.45, 2.75) is 44.9 Å². The maximum atomic E-state index is 12.0. The molecule has 0 spiro atoms. The Labute approximate surface area is 111 Å². The number of hydrogen-bond acceptors (Lipinski definition) is 6. The molecule has 0 unspecified atom stereocenters. The van der Waals surface area contributed by atoms with Crippen LogP contribution in [0.25, 0.3) is 0 Å². The molecule has 0 N–H and O–H groups in total. The highest BCUT2D eigenvalue weighted by atomic mass is 16.6. The van der Waals surface area contributed by atoms with Crippen molar-refractivity contribution in [2.24, 2.45) is 0 Å². The molecule has 2 amide bonds. The van der Waals surface area contributed by atoms with Crippen LogP contribution in [0.1, 0.15) is 27.2 Å². The summed E-state index contributed by atoms with van der Waals surface area (Å²) in [5.74, 6) is -1.26. The van der Waals surface area contributed by atoms with Crippen molar-refractivity contribution < 1.29 is 28.6 Å². The smallest absolute Gasteiger partial charge is 0.417 e. The third-order valence-corrected chi connectivity index (χ3v) is 2.61. The zero-order valence-corrected chi connectivity index (χ0v) is 11.8. The van der Waals surface area contributed by atoms with Crippen molar-refractivity contribution in [1.82, 2.24) is 4.90 Å². The average Bonchev–Trinajstić information content (AvgIpc) is 2.63. The Bertz CT molecular complexity index is 386. The van der Waals surface area contributed by atoms with Gasteiger partial charge in [0.25, 0.3) is 5.91 Å². The van der Waals surface area contributed by atoms with Crippen LogP contribution >= 0.6 is 0 Å². The van der Waals surface area contributed by atoms with E-state index in [1.54, 1.807) is 20.8 Å². The lowest BCUT2D eigenvalue weighted by molar-refractivity contribution is -0.149. The number of nitrogens with zero attached hydrogens (tertiary/aromatic N) is 1. The molecule has 0 bridgehead atoms. The second kappa shape index (κ2) is 5.56. The molecule has 1 aliphatic heterocycles. The molecule has 7 nitrogen and oxygen atoms in total. The standard InChI is InChI=1S/C12H19NO6/c1-12(2,3)19-11(16)13-7(10(15)18-5)6-8(17-4)9(13)14/h7-8H,6H2,1-5H3/t7-,8+/m0/s1. The summed E-state index contributed by atoms with van der Waals surface area (Å²) in [6.45, 7) is 5.02. The minimum absolute atomic E-state index is 0.0707. The summed E-state index contributed by atoms with van der Waals surface area (Å²) in [5.41, 5.74) is -0.761. The molecule has 2 atom stereocenters. The lowest BCUT2D eigenvalue weighted by Gasteiger charge is -2.25. The lowest BCUT2D eigenvalue weighted by atomic mass is 10.2. The predicted molar refractivity (Wildman–Crippen MR) is 64.3 cm³/mol. The number of likely N-dealkylation sites (tertiary alicyclic amines) is 1. The highest BCUT2D eigenvalue weighted by molar-refractivity contribution is 6.01. The number of methoxy groups -OCH3 is 2. The fourth-order valence-corrected chi connectivity index (χ4v) is 1.78. The molecule has 0 aromatic carbocycles. The van der Waals surface area contributed by atoms with E-state index in [9.17, 15) is 14.4 Å². The van der Waals surface area contributed by atoms with Crippen molar-refractivity contribution in [2.75, 3.05) is 14.2 Å². The predicted octanol–water partition coefficient (Wildman–Crippen LogP) is 0.710. The molecule has 1 fully saturated rings. The van der Waals surface area contributed by atoms with Gasteiger partial charge in [-0.2, -0.15) is 0 Å². The van der Waals surface area contributed by atoms with Crippen molar-refractivity contribution in [1.29, 1.82) is 0 Å². The topological polar surface area (TPSA) is 82.1 Å². The van der Waals surface area contributed by atoms with E-state index in [-0.39, 0.29) is 6.42 Å². The minimum atomic E-state index is -1.00. The fraction of sp³-hybridized carbons (Fsp3) is 0.750. The lowest BCUT2D eigenvalue weighted by Crippen LogP contribution is -2.46. The molecule has 0 aromatic heterocycles. The molecule has 1 heterocycles. The number of carbonyl (C=O) groups excluding carboxylic acids is 3. The molecular weight excluding hydrogens is 254 g/mol. The number of rotatable bonds is 2. The Hall–Kier alpha value is -1.63. The molecule has 1 saturated heterocycles. The molecule has 1 aliphatic rings. The van der Waals surface area contributed by atoms with E-state index in [0.717, 1.165) is 4.90 Å². The molecule has 108 valence electrons. The summed E-state index contributed by atoms with van der Waals surface area (Å²) in [5, 5.41) is 0. The molecule has 0 saturated carbocycles. The maximum Gasteiger partial charge on any atom is 0.417 e. The van der Waals surface area contributed by atoms with Crippen LogP contribution < -0.4 is 0 Å². The second-order valence-corrected chi connectivity index (χ2v) is 5.19. The normalized spacial score (nSPS) is 23.4. The number of imide groups is 1. The first-order valence-electron chi connectivity index (χ1n) is 5.88. The maximum absolute atomic E-state index is 12.0. The van der Waals surface area contributed by atoms with Crippen molar-refractivity contribution in [3.63, 3.8) is 0 Å². The third-order valence-electron chi connectivity index (χ3n) is 2.61. The van der Waals surface area contributed by atoms with Crippen LogP contribution in [0.5, 0.6) is 0 Å². The van der Waals surface area contributed by atoms with Crippen LogP contribution in [0.3, 0.4) is 0 Å². The van der Waals surface area contributed by atoms with Gasteiger partial charge < -0.3 is 14.2 Å². The van der Waals surface area contributed by atoms with Crippen LogP contribution in [0.15, 0.2) is 0 Å². The molecule has 7 heteroatoms. The Kier molecular flexibility index (Phi) is 4.52. The highest BCUT2D eigenvalue weighted by Gasteiger charge is 2.49. The first-order valence-corrected chi connectivity index (χ1v) is 5.88. The van der Waals surface area contributed by atoms with E-state index in [2.05, 4.69) is 4.74 Å². The Morgan fingerprint density at radius 2 is 1.84 bits per heavy atom. The van der Waals surface area contributed by atoms with Crippen LogP contribution in [-0.2, 0) is 23.8 Å². The van der Waals surface area contributed by atoms with Gasteiger partial charge in [0, 0.05) is 13.5 Å². The summed E-state index contributed by atoms with van der Waals surface area (Å²) in [4.78, 5) is 36.4. The van der Waals surface area contributed by atoms with E-state index >= 15 is 0 Å². The van der Waals surface area contributed by atoms with E-state index in [1.165, 1.54) is 14.2 Å². The molecule has 0 aliphatic carbocycles. The number of esters is 1. The first-order chi connectivity index (χ1) is 8.71. The van der Waals surface area contributed by atoms with Gasteiger partial charge in [0.2, 0.25) is 0 Å². The number of carbonyl (C=O) groups is 3. The molecule has 1 rings (SSSR count). The summed E-state index contributed by atoms with van der Waals surface area (Å²) >= 11 is 0. The van der Waals surface area contributed by atoms with E-state index in [4.69, 9.17) is 9.47 Å². The summed E-state index contributed by atoms with van der Waals surface area (Å²) in [6.07, 6.45) is -1.63. The quantitative estimate of drug-likeness (QED) is 0.689. The fourth-order valence-electron chi connectivity index (χ4n) is 1.78. The van der Waals surface area contributed by atoms with Gasteiger partial charge in [0.1, 0.15) is 17.7 Å². The monoisotopic (exact) mass is 273 g/mol. The van der Waals surface area contributed by atoms with Gasteiger partial charge in [-0.05, 0) is 20.8 Å². The van der Waals surface area contributed by atoms with Gasteiger partial charge in [-0.15, -0.1) is 0 Å². The second-order valence-electron chi connectivity index (χ2n) is 5.19. The Balaban J connectivity index is 2.95. The van der Waals surface area contributed by atoms with Gasteiger partial charge in [-0.25, -0.2) is 14.5 Å². The van der Waals surface area contributed by atoms with Crippen molar-refractivity contribution in [3.8, 4) is 0 Å². The van der Waals surface area contributed by atoms with Crippen LogP contribution in [-0.4, -0.2) is 54.8 Å². The highest BCUT2D eigenvalue weighted by Crippen LogP contribution is 2.25. The van der Waals surface area contributed by atoms with Crippen LogP contribution in [0.4, 0.5) is 4.79 Å². The summed E-state index contributed by atoms with van der Waals surface area (Å²) < 4.78 is 14.7. The summed E-state index contributed by atoms with van der Waals surface area (Å²) in [6, 6.07) is -1.00. The number of amides is 2. The Morgan fingerprint density at radius 3 is 2.26 bits per heavy atom. The van der Waals surface area contributed by atoms with Crippen molar-refractivity contribution >= 4 is 18.0 Å². The third kappa shape index (κ3) is 3.44. The van der Waals surface area contributed by atoms with E-state index in [1.807, 2.05) is 0 Å². The molecule has 0 aromatic rings. The van der Waals surface area contributed by atoms with Crippen LogP contribution in [0, 0.1) is 0 Å². The Morgan fingerprint density at radius 1 is 1.26 bits per heavy atom. The zero-order valence-electron chi connectivity index (χ0n) is 11.8. The van der Waals surface area contributed by atoms with Gasteiger partial charge in [-0.1, -0.05) is 0 Å². The first kappa shape index (κ1) is 15.4. The molecular formula is C12H19NO6. The average molecular weight is 273 g/mol. The molecule has 19 heavy (non-hydrogen) atoms. The SMILES string of the molecule is COC(=O)[C@@H]1C[C@@H](OC)C(=O)N1C(=O)OC(C)(C)C. The van der Waals surface area contributed by atoms with Crippen molar-refractivity contribution in [3.05, 3.63) is 0 Å².